The van der Waals surface area contributed by atoms with Gasteiger partial charge < -0.3 is 4.90 Å². The molecule has 2 aromatic heterocycles. The van der Waals surface area contributed by atoms with Gasteiger partial charge in [0.1, 0.15) is 0 Å². The molecule has 162 valence electrons. The van der Waals surface area contributed by atoms with E-state index in [1.165, 1.54) is 4.52 Å². The van der Waals surface area contributed by atoms with E-state index in [4.69, 9.17) is 4.98 Å². The predicted octanol–water partition coefficient (Wildman–Crippen LogP) is 0.846. The maximum absolute atomic E-state index is 13.1. The normalized spacial score (nSPS) is 23.0. The maximum Gasteiger partial charge on any atom is 0.277 e. The molecular weight excluding hydrogens is 406 g/mol. The second-order valence-corrected chi connectivity index (χ2v) is 10.9. The molecular formula is C20H27N5O4S. The molecule has 3 aliphatic rings. The summed E-state index contributed by atoms with van der Waals surface area (Å²) in [5.74, 6) is 0.385. The number of rotatable bonds is 4. The topological polar surface area (TPSA) is 108 Å². The fraction of sp³-hybridized carbons (Fsp3) is 0.650. The molecule has 5 rings (SSSR count). The Morgan fingerprint density at radius 3 is 2.80 bits per heavy atom. The van der Waals surface area contributed by atoms with E-state index in [1.54, 1.807) is 16.1 Å². The molecule has 1 atom stereocenters. The number of hydrogen-bond acceptors (Lipinski definition) is 5. The monoisotopic (exact) mass is 433 g/mol. The fourth-order valence-electron chi connectivity index (χ4n) is 4.62. The highest BCUT2D eigenvalue weighted by Gasteiger charge is 2.36. The van der Waals surface area contributed by atoms with Crippen molar-refractivity contribution in [2.45, 2.75) is 51.5 Å². The Labute approximate surface area is 175 Å². The standard InChI is InChI=1S/C20H27N5O4S/c1-2-30(28,29)24-8-3-4-14(11-24)17-10-18-21-16-7-9-23(19(26)13-5-6-13)12-15(16)20(27)25(18)22-17/h10,13-14,22H,2-9,11-12H2,1H3/t14-/m0/s1. The Balaban J connectivity index is 1.45. The number of nitrogens with zero attached hydrogens (tertiary/aromatic N) is 4. The molecule has 2 aromatic rings. The second-order valence-electron chi connectivity index (χ2n) is 8.63. The van der Waals surface area contributed by atoms with Crippen LogP contribution in [0.5, 0.6) is 0 Å². The molecule has 2 aliphatic heterocycles. The van der Waals surface area contributed by atoms with Gasteiger partial charge in [-0.15, -0.1) is 0 Å². The van der Waals surface area contributed by atoms with Crippen LogP contribution in [-0.4, -0.2) is 63.5 Å². The lowest BCUT2D eigenvalue weighted by Gasteiger charge is -2.31. The summed E-state index contributed by atoms with van der Waals surface area (Å²) < 4.78 is 27.6. The summed E-state index contributed by atoms with van der Waals surface area (Å²) in [7, 11) is -3.23. The molecule has 1 amide bonds. The van der Waals surface area contributed by atoms with Crippen molar-refractivity contribution >= 4 is 21.6 Å². The first-order valence-corrected chi connectivity index (χ1v) is 12.4. The number of aromatic amines is 1. The van der Waals surface area contributed by atoms with Crippen molar-refractivity contribution < 1.29 is 13.2 Å². The summed E-state index contributed by atoms with van der Waals surface area (Å²) in [4.78, 5) is 32.0. The third kappa shape index (κ3) is 3.35. The van der Waals surface area contributed by atoms with Gasteiger partial charge in [0.25, 0.3) is 5.56 Å². The van der Waals surface area contributed by atoms with Gasteiger partial charge in [0.15, 0.2) is 5.65 Å². The van der Waals surface area contributed by atoms with Crippen LogP contribution in [-0.2, 0) is 27.8 Å². The molecule has 1 saturated heterocycles. The molecule has 1 N–H and O–H groups in total. The third-order valence-electron chi connectivity index (χ3n) is 6.60. The molecule has 0 bridgehead atoms. The Kier molecular flexibility index (Phi) is 4.73. The van der Waals surface area contributed by atoms with Gasteiger partial charge in [0, 0.05) is 49.7 Å². The van der Waals surface area contributed by atoms with Gasteiger partial charge in [-0.3, -0.25) is 14.7 Å². The minimum Gasteiger partial charge on any atom is -0.337 e. The number of carbonyl (C=O) groups is 1. The Bertz CT molecular complexity index is 1160. The van der Waals surface area contributed by atoms with E-state index in [2.05, 4.69) is 5.10 Å². The van der Waals surface area contributed by atoms with Gasteiger partial charge >= 0.3 is 0 Å². The number of hydrogen-bond donors (Lipinski definition) is 1. The molecule has 1 aliphatic carbocycles. The average molecular weight is 434 g/mol. The largest absolute Gasteiger partial charge is 0.337 e. The third-order valence-corrected chi connectivity index (χ3v) is 8.45. The molecule has 0 radical (unpaired) electrons. The predicted molar refractivity (Wildman–Crippen MR) is 111 cm³/mol. The smallest absolute Gasteiger partial charge is 0.277 e. The molecule has 2 fully saturated rings. The van der Waals surface area contributed by atoms with Crippen LogP contribution in [0.3, 0.4) is 0 Å². The maximum atomic E-state index is 13.1. The number of nitrogens with one attached hydrogen (secondary N) is 1. The summed E-state index contributed by atoms with van der Waals surface area (Å²) in [5.41, 5.74) is 2.59. The van der Waals surface area contributed by atoms with E-state index < -0.39 is 10.0 Å². The zero-order chi connectivity index (χ0) is 21.0. The molecule has 10 heteroatoms. The van der Waals surface area contributed by atoms with Gasteiger partial charge in [-0.25, -0.2) is 22.2 Å². The Hall–Kier alpha value is -2.20. The molecule has 1 saturated carbocycles. The summed E-state index contributed by atoms with van der Waals surface area (Å²) >= 11 is 0. The molecule has 4 heterocycles. The summed E-state index contributed by atoms with van der Waals surface area (Å²) in [5, 5.41) is 3.17. The van der Waals surface area contributed by atoms with Crippen LogP contribution in [0.15, 0.2) is 10.9 Å². The minimum atomic E-state index is -3.23. The van der Waals surface area contributed by atoms with Crippen molar-refractivity contribution in [1.82, 2.24) is 23.8 Å². The quantitative estimate of drug-likeness (QED) is 0.769. The zero-order valence-corrected chi connectivity index (χ0v) is 17.9. The number of carbonyl (C=O) groups excluding carboxylic acids is 1. The minimum absolute atomic E-state index is 0.00569. The van der Waals surface area contributed by atoms with Gasteiger partial charge in [-0.1, -0.05) is 0 Å². The molecule has 30 heavy (non-hydrogen) atoms. The SMILES string of the molecule is CCS(=O)(=O)N1CCC[C@H](c2cc3nc4c(c(=O)n3[nH]2)CN(C(=O)C2CC2)CC4)C1. The zero-order valence-electron chi connectivity index (χ0n) is 17.1. The first-order chi connectivity index (χ1) is 14.4. The van der Waals surface area contributed by atoms with E-state index in [-0.39, 0.29) is 29.1 Å². The molecule has 0 aromatic carbocycles. The van der Waals surface area contributed by atoms with Crippen LogP contribution in [0.4, 0.5) is 0 Å². The fourth-order valence-corrected chi connectivity index (χ4v) is 5.80. The van der Waals surface area contributed by atoms with Crippen molar-refractivity contribution in [3.63, 3.8) is 0 Å². The highest BCUT2D eigenvalue weighted by atomic mass is 32.2. The Morgan fingerprint density at radius 2 is 2.07 bits per heavy atom. The van der Waals surface area contributed by atoms with Crippen LogP contribution in [0.1, 0.15) is 55.5 Å². The van der Waals surface area contributed by atoms with Crippen LogP contribution in [0.25, 0.3) is 5.65 Å². The van der Waals surface area contributed by atoms with Gasteiger partial charge in [-0.05, 0) is 32.6 Å². The van der Waals surface area contributed by atoms with E-state index in [1.807, 2.05) is 6.07 Å². The summed E-state index contributed by atoms with van der Waals surface area (Å²) in [6.07, 6.45) is 4.14. The van der Waals surface area contributed by atoms with Crippen molar-refractivity contribution in [2.24, 2.45) is 5.92 Å². The van der Waals surface area contributed by atoms with Crippen LogP contribution in [0, 0.1) is 5.92 Å². The Morgan fingerprint density at radius 1 is 1.27 bits per heavy atom. The number of fused-ring (bicyclic) bond motifs is 2. The first-order valence-electron chi connectivity index (χ1n) is 10.8. The van der Waals surface area contributed by atoms with Gasteiger partial charge in [-0.2, -0.15) is 0 Å². The second kappa shape index (κ2) is 7.19. The molecule has 0 spiro atoms. The van der Waals surface area contributed by atoms with Crippen molar-refractivity contribution in [1.29, 1.82) is 0 Å². The molecule has 0 unspecified atom stereocenters. The van der Waals surface area contributed by atoms with E-state index >= 15 is 0 Å². The number of aromatic nitrogens is 3. The van der Waals surface area contributed by atoms with Crippen LogP contribution < -0.4 is 5.56 Å². The lowest BCUT2D eigenvalue weighted by Crippen LogP contribution is -2.41. The van der Waals surface area contributed by atoms with E-state index in [0.717, 1.165) is 37.1 Å². The number of piperidine rings is 1. The van der Waals surface area contributed by atoms with Gasteiger partial charge in [0.2, 0.25) is 15.9 Å². The number of sulfonamides is 1. The lowest BCUT2D eigenvalue weighted by atomic mass is 9.96. The van der Waals surface area contributed by atoms with Gasteiger partial charge in [0.05, 0.1) is 23.6 Å². The highest BCUT2D eigenvalue weighted by molar-refractivity contribution is 7.89. The highest BCUT2D eigenvalue weighted by Crippen LogP contribution is 2.32. The van der Waals surface area contributed by atoms with Crippen molar-refractivity contribution in [3.8, 4) is 0 Å². The lowest BCUT2D eigenvalue weighted by molar-refractivity contribution is -0.133. The van der Waals surface area contributed by atoms with Crippen LogP contribution >= 0.6 is 0 Å². The van der Waals surface area contributed by atoms with Crippen molar-refractivity contribution in [3.05, 3.63) is 33.4 Å². The van der Waals surface area contributed by atoms with E-state index in [0.29, 0.717) is 43.8 Å². The molecule has 9 nitrogen and oxygen atoms in total. The summed E-state index contributed by atoms with van der Waals surface area (Å²) in [6, 6.07) is 1.87. The van der Waals surface area contributed by atoms with Crippen LogP contribution in [0.2, 0.25) is 0 Å². The summed E-state index contributed by atoms with van der Waals surface area (Å²) in [6.45, 7) is 3.55. The number of H-pyrrole nitrogens is 1. The van der Waals surface area contributed by atoms with Crippen molar-refractivity contribution in [2.75, 3.05) is 25.4 Å². The number of amides is 1. The van der Waals surface area contributed by atoms with E-state index in [9.17, 15) is 18.0 Å². The first kappa shape index (κ1) is 19.7. The average Bonchev–Trinajstić information content (AvgIpc) is 3.52.